The van der Waals surface area contributed by atoms with Crippen molar-refractivity contribution < 1.29 is 19.3 Å². The van der Waals surface area contributed by atoms with Gasteiger partial charge in [-0.15, -0.1) is 0 Å². The zero-order valence-electron chi connectivity index (χ0n) is 17.1. The summed E-state index contributed by atoms with van der Waals surface area (Å²) < 4.78 is 14.9. The van der Waals surface area contributed by atoms with Crippen LogP contribution in [0.25, 0.3) is 0 Å². The quantitative estimate of drug-likeness (QED) is 0.336. The molecule has 7 heteroatoms. The van der Waals surface area contributed by atoms with Crippen molar-refractivity contribution in [2.45, 2.75) is 114 Å². The Morgan fingerprint density at radius 1 is 0.750 bits per heavy atom. The third kappa shape index (κ3) is 3.65. The average molecular weight is 613 g/mol. The van der Waals surface area contributed by atoms with E-state index in [4.69, 9.17) is 19.5 Å². The van der Waals surface area contributed by atoms with Crippen LogP contribution in [0.3, 0.4) is 0 Å². The zero-order valence-corrected chi connectivity index (χ0v) is 21.9. The maximum absolute atomic E-state index is 6.70. The van der Waals surface area contributed by atoms with E-state index in [0.717, 1.165) is 34.4 Å². The van der Waals surface area contributed by atoms with Crippen LogP contribution in [0.2, 0.25) is 0 Å². The van der Waals surface area contributed by atoms with Gasteiger partial charge in [-0.3, -0.25) is 0 Å². The summed E-state index contributed by atoms with van der Waals surface area (Å²) in [6, 6.07) is 0.303. The van der Waals surface area contributed by atoms with E-state index in [9.17, 15) is 0 Å². The first-order valence-electron chi connectivity index (χ1n) is 10.7. The second kappa shape index (κ2) is 7.54. The van der Waals surface area contributed by atoms with Crippen molar-refractivity contribution in [1.29, 1.82) is 0 Å². The fraction of sp³-hybridized carbons (Fsp3) is 0.857. The number of nitrogens with zero attached hydrogens (tertiary/aromatic N) is 2. The molecule has 4 nitrogen and oxygen atoms in total. The SMILES string of the molecule is [CH2]=[Pd]([Br])([Br])([C]1=N[C@@H](C)C2(CCCCCC2)O1)[C]1=N[C@@H](C)C2(CCCCCC2)O1. The molecule has 164 valence electrons. The van der Waals surface area contributed by atoms with Gasteiger partial charge in [0.1, 0.15) is 0 Å². The average Bonchev–Trinajstić information content (AvgIpc) is 2.92. The monoisotopic (exact) mass is 610 g/mol. The first kappa shape index (κ1) is 21.7. The molecule has 0 aromatic heterocycles. The molecular formula is C21H34Br2N2O2Pd. The predicted molar refractivity (Wildman–Crippen MR) is 122 cm³/mol. The molecule has 0 aromatic rings. The zero-order chi connectivity index (χ0) is 20.1. The van der Waals surface area contributed by atoms with Gasteiger partial charge in [0.05, 0.1) is 0 Å². The molecule has 2 saturated carbocycles. The molecule has 2 aliphatic carbocycles. The topological polar surface area (TPSA) is 43.2 Å². The van der Waals surface area contributed by atoms with Crippen LogP contribution in [0, 0.1) is 0 Å². The normalized spacial score (nSPS) is 33.8. The summed E-state index contributed by atoms with van der Waals surface area (Å²) in [5, 5.41) is 0. The molecule has 0 N–H and O–H groups in total. The molecule has 2 atom stereocenters. The minimum absolute atomic E-state index is 0.151. The van der Waals surface area contributed by atoms with E-state index in [2.05, 4.69) is 45.7 Å². The summed E-state index contributed by atoms with van der Waals surface area (Å²) in [5.41, 5.74) is -0.348. The van der Waals surface area contributed by atoms with Crippen molar-refractivity contribution in [1.82, 2.24) is 0 Å². The van der Waals surface area contributed by atoms with E-state index in [-0.39, 0.29) is 23.3 Å². The minimum atomic E-state index is -3.66. The van der Waals surface area contributed by atoms with Crippen LogP contribution in [0.4, 0.5) is 0 Å². The van der Waals surface area contributed by atoms with Crippen LogP contribution < -0.4 is 0 Å². The van der Waals surface area contributed by atoms with E-state index in [1.165, 1.54) is 51.4 Å². The molecule has 0 bridgehead atoms. The van der Waals surface area contributed by atoms with E-state index in [0.29, 0.717) is 0 Å². The van der Waals surface area contributed by atoms with Gasteiger partial charge >= 0.3 is 184 Å². The number of hydrogen-bond acceptors (Lipinski definition) is 4. The van der Waals surface area contributed by atoms with Gasteiger partial charge in [-0.1, -0.05) is 0 Å². The molecular weight excluding hydrogens is 578 g/mol. The summed E-state index contributed by atoms with van der Waals surface area (Å²) in [6.07, 6.45) is 14.3. The number of ether oxygens (including phenoxy) is 2. The Bertz CT molecular complexity index is 686. The van der Waals surface area contributed by atoms with Gasteiger partial charge in [0.2, 0.25) is 0 Å². The molecule has 4 aliphatic rings. The van der Waals surface area contributed by atoms with Gasteiger partial charge in [-0.2, -0.15) is 0 Å². The van der Waals surface area contributed by atoms with Gasteiger partial charge in [0, 0.05) is 0 Å². The fourth-order valence-electron chi connectivity index (χ4n) is 5.09. The molecule has 0 unspecified atom stereocenters. The summed E-state index contributed by atoms with van der Waals surface area (Å²) in [6.45, 7) is 4.39. The van der Waals surface area contributed by atoms with Crippen molar-refractivity contribution >= 4 is 40.6 Å². The standard InChI is InChI=1S/2C10H16NO.CH2.2BrH.Pd/c2*1-9-10(12-8-11-9)6-4-2-3-5-7-10;;;;/h2*9H,2-7H2,1H3;1H2;2*1H;/q;;;;;+2/p-2/t2*9-;;;;/m00..../s1. The Morgan fingerprint density at radius 2 is 1.07 bits per heavy atom. The van der Waals surface area contributed by atoms with Crippen LogP contribution in [-0.4, -0.2) is 37.0 Å². The van der Waals surface area contributed by atoms with E-state index < -0.39 is 9.83 Å². The Labute approximate surface area is 183 Å². The molecule has 0 radical (unpaired) electrons. The van der Waals surface area contributed by atoms with Crippen LogP contribution in [0.1, 0.15) is 90.9 Å². The fourth-order valence-corrected chi connectivity index (χ4v) is 10.8. The first-order valence-corrected chi connectivity index (χ1v) is 20.5. The maximum atomic E-state index is 6.70. The molecule has 0 amide bonds. The van der Waals surface area contributed by atoms with E-state index in [1.54, 1.807) is 0 Å². The summed E-state index contributed by atoms with van der Waals surface area (Å²) in [5.74, 6) is 0. The van der Waals surface area contributed by atoms with Crippen LogP contribution in [0.15, 0.2) is 9.98 Å². The number of hydrogen-bond donors (Lipinski definition) is 0. The van der Waals surface area contributed by atoms with Gasteiger partial charge in [-0.05, 0) is 0 Å². The van der Waals surface area contributed by atoms with Crippen molar-refractivity contribution in [2.75, 3.05) is 0 Å². The van der Waals surface area contributed by atoms with Gasteiger partial charge in [-0.25, -0.2) is 0 Å². The Kier molecular flexibility index (Phi) is 5.83. The van der Waals surface area contributed by atoms with E-state index in [1.807, 2.05) is 0 Å². The number of rotatable bonds is 2. The Hall–Kier alpha value is 0.432. The van der Waals surface area contributed by atoms with Crippen molar-refractivity contribution in [3.63, 3.8) is 0 Å². The Morgan fingerprint density at radius 3 is 1.39 bits per heavy atom. The first-order chi connectivity index (χ1) is 13.2. The number of halogens is 2. The summed E-state index contributed by atoms with van der Waals surface area (Å²) >= 11 is 7.98. The second-order valence-electron chi connectivity index (χ2n) is 8.98. The second-order valence-corrected chi connectivity index (χ2v) is 31.1. The van der Waals surface area contributed by atoms with Crippen LogP contribution >= 0.6 is 26.9 Å². The summed E-state index contributed by atoms with van der Waals surface area (Å²) in [7, 11) is -3.66. The summed E-state index contributed by atoms with van der Waals surface area (Å²) in [4.78, 5) is 14.7. The Balaban J connectivity index is 1.61. The molecule has 2 fully saturated rings. The van der Waals surface area contributed by atoms with Crippen LogP contribution in [-0.2, 0) is 19.3 Å². The molecule has 0 saturated heterocycles. The van der Waals surface area contributed by atoms with Gasteiger partial charge in [0.25, 0.3) is 0 Å². The predicted octanol–water partition coefficient (Wildman–Crippen LogP) is 6.46. The molecule has 2 heterocycles. The van der Waals surface area contributed by atoms with Gasteiger partial charge < -0.3 is 0 Å². The molecule has 28 heavy (non-hydrogen) atoms. The third-order valence-corrected chi connectivity index (χ3v) is 15.5. The molecule has 2 spiro atoms. The van der Waals surface area contributed by atoms with Gasteiger partial charge in [0.15, 0.2) is 0 Å². The molecule has 4 rings (SSSR count). The van der Waals surface area contributed by atoms with Crippen molar-refractivity contribution in [2.24, 2.45) is 9.98 Å². The van der Waals surface area contributed by atoms with Crippen LogP contribution in [0.5, 0.6) is 0 Å². The van der Waals surface area contributed by atoms with Crippen molar-refractivity contribution in [3.8, 4) is 0 Å². The third-order valence-electron chi connectivity index (χ3n) is 7.09. The number of aliphatic imine (C=N–C) groups is 2. The molecule has 2 aliphatic heterocycles. The van der Waals surface area contributed by atoms with Crippen molar-refractivity contribution in [3.05, 3.63) is 0 Å². The van der Waals surface area contributed by atoms with E-state index >= 15 is 0 Å². The molecule has 0 aromatic carbocycles.